The van der Waals surface area contributed by atoms with E-state index < -0.39 is 4.92 Å². The number of nitro benzene ring substituents is 1. The van der Waals surface area contributed by atoms with Gasteiger partial charge in [0.05, 0.1) is 4.92 Å². The highest BCUT2D eigenvalue weighted by Crippen LogP contribution is 2.30. The zero-order valence-corrected chi connectivity index (χ0v) is 13.8. The summed E-state index contributed by atoms with van der Waals surface area (Å²) >= 11 is 6.15. The van der Waals surface area contributed by atoms with E-state index >= 15 is 0 Å². The Balaban J connectivity index is 0.00000220. The monoisotopic (exact) mass is 333 g/mol. The van der Waals surface area contributed by atoms with Gasteiger partial charge < -0.3 is 5.73 Å². The van der Waals surface area contributed by atoms with Crippen LogP contribution in [0.25, 0.3) is 0 Å². The highest BCUT2D eigenvalue weighted by molar-refractivity contribution is 6.31. The smallest absolute Gasteiger partial charge is 0.269 e. The lowest BCUT2D eigenvalue weighted by molar-refractivity contribution is -0.384. The molecule has 0 saturated carbocycles. The molecule has 21 heavy (non-hydrogen) atoms. The van der Waals surface area contributed by atoms with Crippen LogP contribution in [0.4, 0.5) is 5.69 Å². The molecule has 1 aliphatic heterocycles. The van der Waals surface area contributed by atoms with Crippen LogP contribution in [0.1, 0.15) is 25.8 Å². The van der Waals surface area contributed by atoms with Crippen LogP contribution >= 0.6 is 24.0 Å². The van der Waals surface area contributed by atoms with Crippen LogP contribution < -0.4 is 5.73 Å². The topological polar surface area (TPSA) is 72.4 Å². The van der Waals surface area contributed by atoms with E-state index in [9.17, 15) is 10.1 Å². The molecule has 7 heteroatoms. The molecule has 1 atom stereocenters. The van der Waals surface area contributed by atoms with Crippen molar-refractivity contribution in [3.05, 3.63) is 38.9 Å². The molecule has 0 radical (unpaired) electrons. The van der Waals surface area contributed by atoms with E-state index in [0.29, 0.717) is 11.6 Å². The van der Waals surface area contributed by atoms with Crippen LogP contribution in [0.15, 0.2) is 18.2 Å². The SMILES string of the molecule is CC1(C)CN(Cc2cc([N+](=O)[O-])ccc2Cl)CCC1N.Cl. The standard InChI is InChI=1S/C14H20ClN3O2.ClH/c1-14(2)9-17(6-5-13(14)16)8-10-7-11(18(19)20)3-4-12(10)15;/h3-4,7,13H,5-6,8-9,16H2,1-2H3;1H. The van der Waals surface area contributed by atoms with Crippen molar-refractivity contribution >= 4 is 29.7 Å². The number of halogens is 2. The average molecular weight is 334 g/mol. The van der Waals surface area contributed by atoms with Gasteiger partial charge in [-0.2, -0.15) is 0 Å². The summed E-state index contributed by atoms with van der Waals surface area (Å²) in [6.07, 6.45) is 0.930. The van der Waals surface area contributed by atoms with E-state index in [4.69, 9.17) is 17.3 Å². The number of likely N-dealkylation sites (tertiary alicyclic amines) is 1. The van der Waals surface area contributed by atoms with Crippen molar-refractivity contribution in [1.29, 1.82) is 0 Å². The molecule has 5 nitrogen and oxygen atoms in total. The molecule has 0 bridgehead atoms. The number of rotatable bonds is 3. The van der Waals surface area contributed by atoms with Crippen molar-refractivity contribution in [2.75, 3.05) is 13.1 Å². The van der Waals surface area contributed by atoms with Crippen LogP contribution in [-0.4, -0.2) is 29.0 Å². The lowest BCUT2D eigenvalue weighted by atomic mass is 9.79. The molecule has 0 aliphatic carbocycles. The fourth-order valence-electron chi connectivity index (χ4n) is 2.66. The Kier molecular flexibility index (Phi) is 5.99. The quantitative estimate of drug-likeness (QED) is 0.680. The largest absolute Gasteiger partial charge is 0.327 e. The molecule has 2 rings (SSSR count). The van der Waals surface area contributed by atoms with E-state index in [-0.39, 0.29) is 29.6 Å². The zero-order valence-electron chi connectivity index (χ0n) is 12.2. The van der Waals surface area contributed by atoms with Crippen LogP contribution in [0.5, 0.6) is 0 Å². The minimum absolute atomic E-state index is 0. The summed E-state index contributed by atoms with van der Waals surface area (Å²) in [4.78, 5) is 12.7. The first-order chi connectivity index (χ1) is 9.29. The summed E-state index contributed by atoms with van der Waals surface area (Å²) in [7, 11) is 0. The minimum Gasteiger partial charge on any atom is -0.327 e. The van der Waals surface area contributed by atoms with Gasteiger partial charge in [-0.05, 0) is 23.5 Å². The molecule has 0 aromatic heterocycles. The first-order valence-electron chi connectivity index (χ1n) is 6.70. The second-order valence-electron chi connectivity index (χ2n) is 6.13. The molecule has 1 aromatic rings. The van der Waals surface area contributed by atoms with Gasteiger partial charge in [0, 0.05) is 42.8 Å². The lowest BCUT2D eigenvalue weighted by Crippen LogP contribution is -2.52. The van der Waals surface area contributed by atoms with Crippen molar-refractivity contribution < 1.29 is 4.92 Å². The van der Waals surface area contributed by atoms with E-state index in [1.807, 2.05) is 0 Å². The van der Waals surface area contributed by atoms with Gasteiger partial charge in [-0.15, -0.1) is 12.4 Å². The Bertz CT molecular complexity index is 523. The molecule has 1 heterocycles. The van der Waals surface area contributed by atoms with Gasteiger partial charge >= 0.3 is 0 Å². The minimum atomic E-state index is -0.393. The Morgan fingerprint density at radius 1 is 1.52 bits per heavy atom. The predicted octanol–water partition coefficient (Wildman–Crippen LogP) is 3.23. The van der Waals surface area contributed by atoms with Crippen LogP contribution in [-0.2, 0) is 6.54 Å². The molecule has 1 saturated heterocycles. The van der Waals surface area contributed by atoms with Gasteiger partial charge in [-0.25, -0.2) is 0 Å². The molecular formula is C14H21Cl2N3O2. The zero-order chi connectivity index (χ0) is 14.9. The summed E-state index contributed by atoms with van der Waals surface area (Å²) in [6, 6.07) is 4.78. The second-order valence-corrected chi connectivity index (χ2v) is 6.53. The van der Waals surface area contributed by atoms with Crippen molar-refractivity contribution in [3.63, 3.8) is 0 Å². The van der Waals surface area contributed by atoms with Crippen molar-refractivity contribution in [1.82, 2.24) is 4.90 Å². The van der Waals surface area contributed by atoms with Crippen LogP contribution in [0.2, 0.25) is 5.02 Å². The summed E-state index contributed by atoms with van der Waals surface area (Å²) in [5.41, 5.74) is 7.05. The van der Waals surface area contributed by atoms with Gasteiger partial charge in [0.15, 0.2) is 0 Å². The van der Waals surface area contributed by atoms with E-state index in [1.165, 1.54) is 6.07 Å². The Hall–Kier alpha value is -0.880. The molecule has 2 N–H and O–H groups in total. The number of hydrogen-bond donors (Lipinski definition) is 1. The highest BCUT2D eigenvalue weighted by Gasteiger charge is 2.33. The van der Waals surface area contributed by atoms with Crippen molar-refractivity contribution in [3.8, 4) is 0 Å². The third-order valence-corrected chi connectivity index (χ3v) is 4.39. The summed E-state index contributed by atoms with van der Waals surface area (Å²) in [5.74, 6) is 0. The molecule has 0 amide bonds. The van der Waals surface area contributed by atoms with Gasteiger partial charge in [-0.1, -0.05) is 25.4 Å². The molecular weight excluding hydrogens is 313 g/mol. The first-order valence-corrected chi connectivity index (χ1v) is 7.08. The number of nitrogens with two attached hydrogens (primary N) is 1. The van der Waals surface area contributed by atoms with Gasteiger partial charge in [0.25, 0.3) is 5.69 Å². The fraction of sp³-hybridized carbons (Fsp3) is 0.571. The Morgan fingerprint density at radius 2 is 2.19 bits per heavy atom. The fourth-order valence-corrected chi connectivity index (χ4v) is 2.83. The molecule has 0 spiro atoms. The lowest BCUT2D eigenvalue weighted by Gasteiger charge is -2.42. The number of nitrogens with zero attached hydrogens (tertiary/aromatic N) is 2. The van der Waals surface area contributed by atoms with Gasteiger partial charge in [0.2, 0.25) is 0 Å². The number of nitro groups is 1. The van der Waals surface area contributed by atoms with E-state index in [2.05, 4.69) is 18.7 Å². The number of benzene rings is 1. The third kappa shape index (κ3) is 4.30. The Morgan fingerprint density at radius 3 is 2.76 bits per heavy atom. The van der Waals surface area contributed by atoms with Crippen LogP contribution in [0.3, 0.4) is 0 Å². The molecule has 1 fully saturated rings. The first kappa shape index (κ1) is 18.2. The predicted molar refractivity (Wildman–Crippen MR) is 87.0 cm³/mol. The number of non-ortho nitro benzene ring substituents is 1. The molecule has 1 aliphatic rings. The van der Waals surface area contributed by atoms with Crippen molar-refractivity contribution in [2.45, 2.75) is 32.9 Å². The normalized spacial score (nSPS) is 21.6. The maximum atomic E-state index is 10.8. The van der Waals surface area contributed by atoms with Crippen LogP contribution in [0, 0.1) is 15.5 Å². The highest BCUT2D eigenvalue weighted by atomic mass is 35.5. The summed E-state index contributed by atoms with van der Waals surface area (Å²) in [6.45, 7) is 6.69. The summed E-state index contributed by atoms with van der Waals surface area (Å²) < 4.78 is 0. The maximum Gasteiger partial charge on any atom is 0.269 e. The number of hydrogen-bond acceptors (Lipinski definition) is 4. The number of piperidine rings is 1. The van der Waals surface area contributed by atoms with Crippen molar-refractivity contribution in [2.24, 2.45) is 11.1 Å². The van der Waals surface area contributed by atoms with E-state index in [1.54, 1.807) is 12.1 Å². The summed E-state index contributed by atoms with van der Waals surface area (Å²) in [5, 5.41) is 11.4. The van der Waals surface area contributed by atoms with Gasteiger partial charge in [0.1, 0.15) is 0 Å². The molecule has 118 valence electrons. The molecule has 1 aromatic carbocycles. The maximum absolute atomic E-state index is 10.8. The van der Waals surface area contributed by atoms with Gasteiger partial charge in [-0.3, -0.25) is 15.0 Å². The second kappa shape index (κ2) is 6.92. The average Bonchev–Trinajstić information content (AvgIpc) is 2.36. The third-order valence-electron chi connectivity index (χ3n) is 4.03. The molecule has 1 unspecified atom stereocenters. The van der Waals surface area contributed by atoms with E-state index in [0.717, 1.165) is 25.1 Å². The Labute approximate surface area is 136 Å².